The maximum atomic E-state index is 12.5. The van der Waals surface area contributed by atoms with Crippen molar-refractivity contribution in [1.29, 1.82) is 0 Å². The molecule has 0 spiro atoms. The summed E-state index contributed by atoms with van der Waals surface area (Å²) in [6.45, 7) is 0.904. The number of amides is 1. The molecular formula is C18H21N3O3S2. The summed E-state index contributed by atoms with van der Waals surface area (Å²) in [5.41, 5.74) is 0.956. The molecule has 26 heavy (non-hydrogen) atoms. The van der Waals surface area contributed by atoms with Crippen molar-refractivity contribution in [2.24, 2.45) is 0 Å². The van der Waals surface area contributed by atoms with Crippen molar-refractivity contribution in [3.05, 3.63) is 54.6 Å². The molecule has 2 aromatic rings. The maximum Gasteiger partial charge on any atom is 0.261 e. The normalized spacial score (nSPS) is 17.5. The van der Waals surface area contributed by atoms with Crippen molar-refractivity contribution in [1.82, 2.24) is 5.32 Å². The molecule has 0 bridgehead atoms. The van der Waals surface area contributed by atoms with E-state index >= 15 is 0 Å². The maximum absolute atomic E-state index is 12.5. The standard InChI is InChI=1S/C18H21N3O3S2/c22-18(12-16-13-25-10-9-19-16)20-15-7-4-8-17(11-15)26(23,24)21-14-5-2-1-3-6-14/h1-8,11,16,19,21H,9-10,12-13H2,(H,20,22). The minimum absolute atomic E-state index is 0.102. The molecule has 2 aromatic carbocycles. The molecule has 8 heteroatoms. The van der Waals surface area contributed by atoms with E-state index in [-0.39, 0.29) is 16.8 Å². The third-order valence-corrected chi connectivity index (χ3v) is 6.39. The fourth-order valence-corrected chi connectivity index (χ4v) is 4.70. The number of thioether (sulfide) groups is 1. The minimum Gasteiger partial charge on any atom is -0.326 e. The summed E-state index contributed by atoms with van der Waals surface area (Å²) in [5.74, 6) is 1.84. The van der Waals surface area contributed by atoms with Crippen molar-refractivity contribution in [3.63, 3.8) is 0 Å². The van der Waals surface area contributed by atoms with Crippen LogP contribution in [0.3, 0.4) is 0 Å². The summed E-state index contributed by atoms with van der Waals surface area (Å²) in [6.07, 6.45) is 0.367. The van der Waals surface area contributed by atoms with E-state index in [9.17, 15) is 13.2 Å². The first-order valence-corrected chi connectivity index (χ1v) is 11.0. The Kier molecular flexibility index (Phi) is 6.18. The van der Waals surface area contributed by atoms with Crippen LogP contribution in [0.4, 0.5) is 11.4 Å². The van der Waals surface area contributed by atoms with Crippen LogP contribution in [0.25, 0.3) is 0 Å². The van der Waals surface area contributed by atoms with Gasteiger partial charge in [0.05, 0.1) is 4.90 Å². The Morgan fingerprint density at radius 3 is 2.62 bits per heavy atom. The van der Waals surface area contributed by atoms with Crippen LogP contribution < -0.4 is 15.4 Å². The molecule has 1 saturated heterocycles. The van der Waals surface area contributed by atoms with Gasteiger partial charge >= 0.3 is 0 Å². The van der Waals surface area contributed by atoms with Gasteiger partial charge in [-0.05, 0) is 30.3 Å². The number of rotatable bonds is 6. The summed E-state index contributed by atoms with van der Waals surface area (Å²) in [7, 11) is -3.72. The topological polar surface area (TPSA) is 87.3 Å². The second kappa shape index (κ2) is 8.57. The van der Waals surface area contributed by atoms with E-state index in [0.717, 1.165) is 18.1 Å². The number of hydrogen-bond acceptors (Lipinski definition) is 5. The molecule has 1 aliphatic rings. The number of carbonyl (C=O) groups excluding carboxylic acids is 1. The molecule has 1 heterocycles. The summed E-state index contributed by atoms with van der Waals surface area (Å²) in [5, 5.41) is 6.10. The molecule has 3 N–H and O–H groups in total. The minimum atomic E-state index is -3.72. The second-order valence-electron chi connectivity index (χ2n) is 5.98. The molecule has 0 saturated carbocycles. The van der Waals surface area contributed by atoms with Crippen LogP contribution in [-0.2, 0) is 14.8 Å². The van der Waals surface area contributed by atoms with Crippen LogP contribution in [0.2, 0.25) is 0 Å². The van der Waals surface area contributed by atoms with Gasteiger partial charge in [0.25, 0.3) is 10.0 Å². The quantitative estimate of drug-likeness (QED) is 0.704. The van der Waals surface area contributed by atoms with Gasteiger partial charge in [-0.3, -0.25) is 9.52 Å². The zero-order valence-corrected chi connectivity index (χ0v) is 15.8. The van der Waals surface area contributed by atoms with E-state index in [1.807, 2.05) is 17.8 Å². The Balaban J connectivity index is 1.66. The number of para-hydroxylation sites is 1. The summed E-state index contributed by atoms with van der Waals surface area (Å²) >= 11 is 1.83. The second-order valence-corrected chi connectivity index (χ2v) is 8.81. The Labute approximate surface area is 157 Å². The fourth-order valence-electron chi connectivity index (χ4n) is 2.65. The molecule has 138 valence electrons. The van der Waals surface area contributed by atoms with E-state index < -0.39 is 10.0 Å². The molecular weight excluding hydrogens is 370 g/mol. The number of nitrogens with one attached hydrogen (secondary N) is 3. The van der Waals surface area contributed by atoms with Crippen molar-refractivity contribution >= 4 is 39.1 Å². The summed E-state index contributed by atoms with van der Waals surface area (Å²) in [4.78, 5) is 12.3. The third kappa shape index (κ3) is 5.23. The summed E-state index contributed by atoms with van der Waals surface area (Å²) in [6, 6.07) is 15.1. The molecule has 1 fully saturated rings. The monoisotopic (exact) mass is 391 g/mol. The van der Waals surface area contributed by atoms with Gasteiger partial charge in [0.1, 0.15) is 0 Å². The number of hydrogen-bond donors (Lipinski definition) is 3. The number of anilines is 2. The first kappa shape index (κ1) is 18.8. The number of carbonyl (C=O) groups is 1. The lowest BCUT2D eigenvalue weighted by atomic mass is 10.2. The Bertz CT molecular complexity index is 851. The Hall–Kier alpha value is -2.03. The molecule has 1 aliphatic heterocycles. The van der Waals surface area contributed by atoms with E-state index in [4.69, 9.17) is 0 Å². The largest absolute Gasteiger partial charge is 0.326 e. The number of benzene rings is 2. The smallest absolute Gasteiger partial charge is 0.261 e. The lowest BCUT2D eigenvalue weighted by Crippen LogP contribution is -2.39. The van der Waals surface area contributed by atoms with E-state index in [0.29, 0.717) is 17.8 Å². The molecule has 1 atom stereocenters. The van der Waals surface area contributed by atoms with Gasteiger partial charge in [-0.1, -0.05) is 24.3 Å². The fraction of sp³-hybridized carbons (Fsp3) is 0.278. The highest BCUT2D eigenvalue weighted by atomic mass is 32.2. The Morgan fingerprint density at radius 1 is 1.12 bits per heavy atom. The molecule has 1 unspecified atom stereocenters. The highest BCUT2D eigenvalue weighted by Crippen LogP contribution is 2.19. The van der Waals surface area contributed by atoms with Crippen LogP contribution in [0.15, 0.2) is 59.5 Å². The van der Waals surface area contributed by atoms with Gasteiger partial charge in [-0.25, -0.2) is 8.42 Å². The van der Waals surface area contributed by atoms with Crippen LogP contribution >= 0.6 is 11.8 Å². The zero-order chi connectivity index (χ0) is 18.4. The number of sulfonamides is 1. The van der Waals surface area contributed by atoms with Crippen LogP contribution in [0.1, 0.15) is 6.42 Å². The van der Waals surface area contributed by atoms with Gasteiger partial charge in [-0.2, -0.15) is 11.8 Å². The molecule has 1 amide bonds. The summed E-state index contributed by atoms with van der Waals surface area (Å²) < 4.78 is 27.6. The van der Waals surface area contributed by atoms with Gasteiger partial charge in [0.2, 0.25) is 5.91 Å². The van der Waals surface area contributed by atoms with Crippen LogP contribution in [0.5, 0.6) is 0 Å². The predicted molar refractivity (Wildman–Crippen MR) is 106 cm³/mol. The van der Waals surface area contributed by atoms with Gasteiger partial charge in [0, 0.05) is 41.9 Å². The molecule has 0 radical (unpaired) electrons. The zero-order valence-electron chi connectivity index (χ0n) is 14.1. The first-order valence-electron chi connectivity index (χ1n) is 8.32. The predicted octanol–water partition coefficient (Wildman–Crippen LogP) is 2.52. The highest BCUT2D eigenvalue weighted by molar-refractivity contribution is 7.99. The van der Waals surface area contributed by atoms with Crippen molar-refractivity contribution in [3.8, 4) is 0 Å². The molecule has 0 aromatic heterocycles. The van der Waals surface area contributed by atoms with Gasteiger partial charge in [-0.15, -0.1) is 0 Å². The van der Waals surface area contributed by atoms with E-state index in [1.54, 1.807) is 36.4 Å². The van der Waals surface area contributed by atoms with E-state index in [2.05, 4.69) is 15.4 Å². The third-order valence-electron chi connectivity index (χ3n) is 3.88. The molecule has 6 nitrogen and oxygen atoms in total. The Morgan fingerprint density at radius 2 is 1.88 bits per heavy atom. The molecule has 0 aliphatic carbocycles. The molecule has 3 rings (SSSR count). The lowest BCUT2D eigenvalue weighted by Gasteiger charge is -2.22. The van der Waals surface area contributed by atoms with Crippen molar-refractivity contribution in [2.75, 3.05) is 28.1 Å². The highest BCUT2D eigenvalue weighted by Gasteiger charge is 2.18. The first-order chi connectivity index (χ1) is 12.5. The van der Waals surface area contributed by atoms with Crippen LogP contribution in [0, 0.1) is 0 Å². The van der Waals surface area contributed by atoms with E-state index in [1.165, 1.54) is 12.1 Å². The SMILES string of the molecule is O=C(CC1CSCCN1)Nc1cccc(S(=O)(=O)Nc2ccccc2)c1. The average molecular weight is 392 g/mol. The van der Waals surface area contributed by atoms with Crippen molar-refractivity contribution in [2.45, 2.75) is 17.4 Å². The van der Waals surface area contributed by atoms with Crippen molar-refractivity contribution < 1.29 is 13.2 Å². The lowest BCUT2D eigenvalue weighted by molar-refractivity contribution is -0.116. The van der Waals surface area contributed by atoms with Gasteiger partial charge in [0.15, 0.2) is 0 Å². The average Bonchev–Trinajstić information content (AvgIpc) is 2.63. The van der Waals surface area contributed by atoms with Gasteiger partial charge < -0.3 is 10.6 Å². The van der Waals surface area contributed by atoms with Crippen LogP contribution in [-0.4, -0.2) is 38.4 Å².